The standard InChI is InChI=1S/C16H24N2O3/c1-10-7-12(8-13(15(10)17)16(20)21-2)18-9-11-5-3-4-6-14(11)19/h7-8,11,14,18-19H,3-6,9,17H2,1-2H3. The zero-order chi connectivity index (χ0) is 15.4. The normalized spacial score (nSPS) is 21.9. The molecule has 2 atom stereocenters. The van der Waals surface area contributed by atoms with Gasteiger partial charge in [0.15, 0.2) is 0 Å². The number of carbonyl (C=O) groups excluding carboxylic acids is 1. The molecule has 0 bridgehead atoms. The summed E-state index contributed by atoms with van der Waals surface area (Å²) in [4.78, 5) is 11.7. The van der Waals surface area contributed by atoms with Crippen LogP contribution in [0.25, 0.3) is 0 Å². The van der Waals surface area contributed by atoms with E-state index < -0.39 is 5.97 Å². The van der Waals surface area contributed by atoms with E-state index in [1.807, 2.05) is 13.0 Å². The Kier molecular flexibility index (Phi) is 5.07. The maximum absolute atomic E-state index is 11.7. The van der Waals surface area contributed by atoms with Crippen molar-refractivity contribution in [3.8, 4) is 0 Å². The lowest BCUT2D eigenvalue weighted by Gasteiger charge is -2.28. The molecular formula is C16H24N2O3. The number of nitrogens with one attached hydrogen (secondary N) is 1. The zero-order valence-corrected chi connectivity index (χ0v) is 12.7. The van der Waals surface area contributed by atoms with Crippen LogP contribution in [0.1, 0.15) is 41.6 Å². The third kappa shape index (κ3) is 3.67. The minimum Gasteiger partial charge on any atom is -0.465 e. The first-order valence-electron chi connectivity index (χ1n) is 7.43. The summed E-state index contributed by atoms with van der Waals surface area (Å²) in [6, 6.07) is 3.63. The van der Waals surface area contributed by atoms with Gasteiger partial charge < -0.3 is 20.9 Å². The highest BCUT2D eigenvalue weighted by atomic mass is 16.5. The molecule has 2 unspecified atom stereocenters. The summed E-state index contributed by atoms with van der Waals surface area (Å²) in [6.07, 6.45) is 3.94. The smallest absolute Gasteiger partial charge is 0.340 e. The summed E-state index contributed by atoms with van der Waals surface area (Å²) in [6.45, 7) is 2.56. The Hall–Kier alpha value is -1.75. The molecule has 1 fully saturated rings. The first kappa shape index (κ1) is 15.6. The summed E-state index contributed by atoms with van der Waals surface area (Å²) in [5.74, 6) is -0.171. The number of anilines is 2. The molecule has 1 aliphatic carbocycles. The molecule has 1 aromatic carbocycles. The van der Waals surface area contributed by atoms with Crippen molar-refractivity contribution in [1.82, 2.24) is 0 Å². The molecule has 0 radical (unpaired) electrons. The lowest BCUT2D eigenvalue weighted by atomic mass is 9.86. The van der Waals surface area contributed by atoms with Crippen molar-refractivity contribution < 1.29 is 14.6 Å². The van der Waals surface area contributed by atoms with Gasteiger partial charge in [-0.3, -0.25) is 0 Å². The number of hydrogen-bond acceptors (Lipinski definition) is 5. The van der Waals surface area contributed by atoms with Crippen molar-refractivity contribution in [2.24, 2.45) is 5.92 Å². The number of benzene rings is 1. The Morgan fingerprint density at radius 3 is 2.81 bits per heavy atom. The summed E-state index contributed by atoms with van der Waals surface area (Å²) in [5.41, 5.74) is 8.42. The third-order valence-corrected chi connectivity index (χ3v) is 4.23. The van der Waals surface area contributed by atoms with Crippen LogP contribution in [-0.2, 0) is 4.74 Å². The summed E-state index contributed by atoms with van der Waals surface area (Å²) < 4.78 is 4.75. The van der Waals surface area contributed by atoms with E-state index in [9.17, 15) is 9.90 Å². The topological polar surface area (TPSA) is 84.6 Å². The number of esters is 1. The van der Waals surface area contributed by atoms with E-state index in [-0.39, 0.29) is 12.0 Å². The highest BCUT2D eigenvalue weighted by molar-refractivity contribution is 5.97. The average molecular weight is 292 g/mol. The molecule has 0 heterocycles. The second-order valence-electron chi connectivity index (χ2n) is 5.74. The predicted octanol–water partition coefficient (Wildman–Crippen LogP) is 2.33. The number of aryl methyl sites for hydroxylation is 1. The molecule has 4 N–H and O–H groups in total. The molecule has 0 aromatic heterocycles. The van der Waals surface area contributed by atoms with E-state index in [0.717, 1.165) is 36.9 Å². The van der Waals surface area contributed by atoms with Crippen molar-refractivity contribution in [2.45, 2.75) is 38.7 Å². The molecule has 21 heavy (non-hydrogen) atoms. The molecule has 1 aliphatic rings. The summed E-state index contributed by atoms with van der Waals surface area (Å²) >= 11 is 0. The Morgan fingerprint density at radius 2 is 2.14 bits per heavy atom. The molecular weight excluding hydrogens is 268 g/mol. The third-order valence-electron chi connectivity index (χ3n) is 4.23. The van der Waals surface area contributed by atoms with Gasteiger partial charge in [0.05, 0.1) is 18.8 Å². The van der Waals surface area contributed by atoms with Gasteiger partial charge in [-0.2, -0.15) is 0 Å². The van der Waals surface area contributed by atoms with E-state index in [4.69, 9.17) is 10.5 Å². The highest BCUT2D eigenvalue weighted by Crippen LogP contribution is 2.27. The van der Waals surface area contributed by atoms with Gasteiger partial charge in [-0.15, -0.1) is 0 Å². The van der Waals surface area contributed by atoms with Crippen molar-refractivity contribution in [2.75, 3.05) is 24.7 Å². The lowest BCUT2D eigenvalue weighted by Crippen LogP contribution is -2.30. The minimum absolute atomic E-state index is 0.235. The van der Waals surface area contributed by atoms with Crippen LogP contribution in [0.15, 0.2) is 12.1 Å². The summed E-state index contributed by atoms with van der Waals surface area (Å²) in [5, 5.41) is 13.3. The van der Waals surface area contributed by atoms with E-state index in [1.165, 1.54) is 7.11 Å². The number of ether oxygens (including phenoxy) is 1. The molecule has 1 saturated carbocycles. The number of aliphatic hydroxyl groups is 1. The van der Waals surface area contributed by atoms with Gasteiger partial charge in [0, 0.05) is 23.8 Å². The second kappa shape index (κ2) is 6.80. The fourth-order valence-electron chi connectivity index (χ4n) is 2.85. The van der Waals surface area contributed by atoms with Crippen LogP contribution in [0.5, 0.6) is 0 Å². The lowest BCUT2D eigenvalue weighted by molar-refractivity contribution is 0.0601. The maximum Gasteiger partial charge on any atom is 0.340 e. The largest absolute Gasteiger partial charge is 0.465 e. The number of rotatable bonds is 4. The minimum atomic E-state index is -0.433. The van der Waals surface area contributed by atoms with Crippen LogP contribution in [0.2, 0.25) is 0 Å². The number of hydrogen-bond donors (Lipinski definition) is 3. The fourth-order valence-corrected chi connectivity index (χ4v) is 2.85. The SMILES string of the molecule is COC(=O)c1cc(NCC2CCCCC2O)cc(C)c1N. The van der Waals surface area contributed by atoms with Gasteiger partial charge in [0.2, 0.25) is 0 Å². The maximum atomic E-state index is 11.7. The number of aliphatic hydroxyl groups excluding tert-OH is 1. The molecule has 0 spiro atoms. The van der Waals surface area contributed by atoms with E-state index in [2.05, 4.69) is 5.32 Å². The molecule has 0 aliphatic heterocycles. The van der Waals surface area contributed by atoms with E-state index in [1.54, 1.807) is 6.07 Å². The van der Waals surface area contributed by atoms with Crippen molar-refractivity contribution in [3.63, 3.8) is 0 Å². The van der Waals surface area contributed by atoms with Crippen LogP contribution in [0.4, 0.5) is 11.4 Å². The van der Waals surface area contributed by atoms with Crippen LogP contribution in [-0.4, -0.2) is 30.8 Å². The van der Waals surface area contributed by atoms with Crippen LogP contribution in [0.3, 0.4) is 0 Å². The molecule has 5 heteroatoms. The van der Waals surface area contributed by atoms with Crippen LogP contribution < -0.4 is 11.1 Å². The van der Waals surface area contributed by atoms with Gasteiger partial charge in [0.25, 0.3) is 0 Å². The van der Waals surface area contributed by atoms with Crippen LogP contribution >= 0.6 is 0 Å². The quantitative estimate of drug-likeness (QED) is 0.586. The molecule has 0 amide bonds. The monoisotopic (exact) mass is 292 g/mol. The fraction of sp³-hybridized carbons (Fsp3) is 0.562. The van der Waals surface area contributed by atoms with Gasteiger partial charge >= 0.3 is 5.97 Å². The van der Waals surface area contributed by atoms with Gasteiger partial charge in [-0.05, 0) is 37.5 Å². The predicted molar refractivity (Wildman–Crippen MR) is 83.4 cm³/mol. The van der Waals surface area contributed by atoms with Crippen molar-refractivity contribution >= 4 is 17.3 Å². The number of nitrogens with two attached hydrogens (primary N) is 1. The molecule has 0 saturated heterocycles. The molecule has 1 aromatic rings. The molecule has 116 valence electrons. The Morgan fingerprint density at radius 1 is 1.43 bits per heavy atom. The Balaban J connectivity index is 2.09. The van der Waals surface area contributed by atoms with Gasteiger partial charge in [0.1, 0.15) is 0 Å². The highest BCUT2D eigenvalue weighted by Gasteiger charge is 2.23. The number of methoxy groups -OCH3 is 1. The molecule has 5 nitrogen and oxygen atoms in total. The second-order valence-corrected chi connectivity index (χ2v) is 5.74. The summed E-state index contributed by atoms with van der Waals surface area (Å²) in [7, 11) is 1.34. The first-order chi connectivity index (χ1) is 10.0. The number of nitrogen functional groups attached to an aromatic ring is 1. The Labute approximate surface area is 125 Å². The number of carbonyl (C=O) groups is 1. The van der Waals surface area contributed by atoms with Gasteiger partial charge in [-0.1, -0.05) is 12.8 Å². The Bertz CT molecular complexity index is 516. The van der Waals surface area contributed by atoms with Crippen molar-refractivity contribution in [3.05, 3.63) is 23.3 Å². The van der Waals surface area contributed by atoms with Gasteiger partial charge in [-0.25, -0.2) is 4.79 Å². The first-order valence-corrected chi connectivity index (χ1v) is 7.43. The molecule has 2 rings (SSSR count). The zero-order valence-electron chi connectivity index (χ0n) is 12.7. The van der Waals surface area contributed by atoms with Crippen LogP contribution in [0, 0.1) is 12.8 Å². The van der Waals surface area contributed by atoms with E-state index in [0.29, 0.717) is 17.8 Å². The average Bonchev–Trinajstić information content (AvgIpc) is 2.48. The van der Waals surface area contributed by atoms with Crippen molar-refractivity contribution in [1.29, 1.82) is 0 Å². The van der Waals surface area contributed by atoms with E-state index >= 15 is 0 Å².